The third-order valence-electron chi connectivity index (χ3n) is 5.07. The van der Waals surface area contributed by atoms with Crippen LogP contribution in [-0.4, -0.2) is 9.97 Å². The second kappa shape index (κ2) is 8.29. The van der Waals surface area contributed by atoms with E-state index in [0.29, 0.717) is 21.7 Å². The number of fused-ring (bicyclic) bond motifs is 2. The van der Waals surface area contributed by atoms with Crippen molar-refractivity contribution in [3.8, 4) is 0 Å². The first-order valence-electron chi connectivity index (χ1n) is 9.97. The topological polar surface area (TPSA) is 63.0 Å². The Kier molecular flexibility index (Phi) is 5.30. The molecule has 0 saturated carbocycles. The van der Waals surface area contributed by atoms with Gasteiger partial charge in [0.15, 0.2) is 5.58 Å². The van der Waals surface area contributed by atoms with Crippen molar-refractivity contribution in [1.29, 1.82) is 0 Å². The first kappa shape index (κ1) is 21.1. The molecule has 0 amide bonds. The maximum Gasteiger partial charge on any atom is 0.416 e. The summed E-state index contributed by atoms with van der Waals surface area (Å²) in [5, 5.41) is 7.83. The van der Waals surface area contributed by atoms with E-state index >= 15 is 0 Å². The molecule has 0 fully saturated rings. The summed E-state index contributed by atoms with van der Waals surface area (Å²) < 4.78 is 44.4. The lowest BCUT2D eigenvalue weighted by Crippen LogP contribution is -2.06. The van der Waals surface area contributed by atoms with Crippen LogP contribution < -0.4 is 10.6 Å². The molecular formula is C24H16ClF3N4O. The molecule has 0 atom stereocenters. The number of nitrogens with one attached hydrogen (secondary N) is 2. The van der Waals surface area contributed by atoms with Gasteiger partial charge >= 0.3 is 6.18 Å². The van der Waals surface area contributed by atoms with Gasteiger partial charge in [-0.1, -0.05) is 23.7 Å². The largest absolute Gasteiger partial charge is 0.424 e. The summed E-state index contributed by atoms with van der Waals surface area (Å²) in [6.07, 6.45) is -2.69. The molecule has 3 aromatic carbocycles. The molecule has 0 aliphatic heterocycles. The number of halogens is 4. The summed E-state index contributed by atoms with van der Waals surface area (Å²) in [4.78, 5) is 8.74. The molecule has 0 spiro atoms. The predicted molar refractivity (Wildman–Crippen MR) is 123 cm³/mol. The lowest BCUT2D eigenvalue weighted by molar-refractivity contribution is -0.137. The maximum atomic E-state index is 12.9. The van der Waals surface area contributed by atoms with E-state index in [0.717, 1.165) is 34.4 Å². The fraction of sp³-hybridized carbons (Fsp3) is 0.0833. The van der Waals surface area contributed by atoms with Crippen LogP contribution in [0.25, 0.3) is 22.0 Å². The Labute approximate surface area is 191 Å². The molecule has 5 nitrogen and oxygen atoms in total. The second-order valence-electron chi connectivity index (χ2n) is 7.40. The van der Waals surface area contributed by atoms with Crippen LogP contribution in [0.3, 0.4) is 0 Å². The fourth-order valence-electron chi connectivity index (χ4n) is 3.50. The van der Waals surface area contributed by atoms with Crippen LogP contribution in [-0.2, 0) is 12.7 Å². The van der Waals surface area contributed by atoms with Crippen LogP contribution >= 0.6 is 11.6 Å². The summed E-state index contributed by atoms with van der Waals surface area (Å²) in [5.41, 5.74) is 3.37. The fourth-order valence-corrected chi connectivity index (χ4v) is 3.67. The van der Waals surface area contributed by atoms with E-state index in [2.05, 4.69) is 20.6 Å². The Bertz CT molecular complexity index is 1470. The standard InChI is InChI=1S/C24H16ClF3N4O/c25-16-4-6-18-19(8-9-29-20(18)11-16)31-17-5-7-22-21(12-17)32-23(33-22)30-13-14-2-1-3-15(10-14)24(26,27)28/h1-12H,13H2,(H,29,31)(H,30,32). The van der Waals surface area contributed by atoms with Gasteiger partial charge in [0.2, 0.25) is 0 Å². The van der Waals surface area contributed by atoms with Gasteiger partial charge in [0.05, 0.1) is 11.1 Å². The zero-order valence-electron chi connectivity index (χ0n) is 16.9. The molecule has 0 unspecified atom stereocenters. The van der Waals surface area contributed by atoms with E-state index in [1.54, 1.807) is 30.5 Å². The number of hydrogen-bond donors (Lipinski definition) is 2. The predicted octanol–water partition coefficient (Wildman–Crippen LogP) is 7.40. The monoisotopic (exact) mass is 468 g/mol. The van der Waals surface area contributed by atoms with Gasteiger partial charge in [0, 0.05) is 34.5 Å². The molecule has 33 heavy (non-hydrogen) atoms. The van der Waals surface area contributed by atoms with Crippen LogP contribution in [0, 0.1) is 0 Å². The third-order valence-corrected chi connectivity index (χ3v) is 5.30. The maximum absolute atomic E-state index is 12.9. The number of hydrogen-bond acceptors (Lipinski definition) is 5. The van der Waals surface area contributed by atoms with Gasteiger partial charge in [-0.2, -0.15) is 18.2 Å². The summed E-state index contributed by atoms with van der Waals surface area (Å²) in [5.74, 6) is 0. The van der Waals surface area contributed by atoms with Crippen molar-refractivity contribution in [3.63, 3.8) is 0 Å². The highest BCUT2D eigenvalue weighted by atomic mass is 35.5. The zero-order chi connectivity index (χ0) is 23.0. The van der Waals surface area contributed by atoms with E-state index in [9.17, 15) is 13.2 Å². The minimum absolute atomic E-state index is 0.146. The number of rotatable bonds is 5. The Morgan fingerprint density at radius 2 is 1.82 bits per heavy atom. The highest BCUT2D eigenvalue weighted by Crippen LogP contribution is 2.31. The molecule has 0 radical (unpaired) electrons. The first-order valence-corrected chi connectivity index (χ1v) is 10.3. The number of nitrogens with zero attached hydrogens (tertiary/aromatic N) is 2. The van der Waals surface area contributed by atoms with E-state index in [1.807, 2.05) is 24.3 Å². The van der Waals surface area contributed by atoms with E-state index < -0.39 is 11.7 Å². The average molecular weight is 469 g/mol. The molecule has 0 aliphatic rings. The van der Waals surface area contributed by atoms with Gasteiger partial charge in [0.25, 0.3) is 6.01 Å². The van der Waals surface area contributed by atoms with Crippen LogP contribution in [0.1, 0.15) is 11.1 Å². The zero-order valence-corrected chi connectivity index (χ0v) is 17.7. The molecule has 2 aromatic heterocycles. The minimum atomic E-state index is -4.39. The Morgan fingerprint density at radius 1 is 0.939 bits per heavy atom. The molecule has 0 bridgehead atoms. The Hall–Kier alpha value is -3.78. The Balaban J connectivity index is 1.34. The van der Waals surface area contributed by atoms with Crippen LogP contribution in [0.15, 0.2) is 77.3 Å². The molecular weight excluding hydrogens is 453 g/mol. The van der Waals surface area contributed by atoms with E-state index in [4.69, 9.17) is 16.0 Å². The van der Waals surface area contributed by atoms with Crippen molar-refractivity contribution < 1.29 is 17.6 Å². The number of alkyl halides is 3. The van der Waals surface area contributed by atoms with Gasteiger partial charge < -0.3 is 15.1 Å². The highest BCUT2D eigenvalue weighted by molar-refractivity contribution is 6.31. The number of aromatic nitrogens is 2. The van der Waals surface area contributed by atoms with Crippen LogP contribution in [0.2, 0.25) is 5.02 Å². The van der Waals surface area contributed by atoms with Gasteiger partial charge in [-0.3, -0.25) is 4.98 Å². The molecule has 166 valence electrons. The summed E-state index contributed by atoms with van der Waals surface area (Å²) >= 11 is 6.06. The summed E-state index contributed by atoms with van der Waals surface area (Å²) in [6, 6.07) is 18.2. The smallest absolute Gasteiger partial charge is 0.416 e. The minimum Gasteiger partial charge on any atom is -0.424 e. The average Bonchev–Trinajstić information content (AvgIpc) is 3.19. The molecule has 2 heterocycles. The molecule has 9 heteroatoms. The van der Waals surface area contributed by atoms with Gasteiger partial charge in [-0.05, 0) is 60.2 Å². The second-order valence-corrected chi connectivity index (χ2v) is 7.83. The Morgan fingerprint density at radius 3 is 2.67 bits per heavy atom. The van der Waals surface area contributed by atoms with Gasteiger partial charge in [0.1, 0.15) is 5.52 Å². The first-order chi connectivity index (χ1) is 15.8. The van der Waals surface area contributed by atoms with Gasteiger partial charge in [-0.25, -0.2) is 0 Å². The number of pyridine rings is 1. The van der Waals surface area contributed by atoms with Crippen molar-refractivity contribution in [2.45, 2.75) is 12.7 Å². The number of oxazole rings is 1. The molecule has 0 aliphatic carbocycles. The van der Waals surface area contributed by atoms with Crippen molar-refractivity contribution in [2.24, 2.45) is 0 Å². The number of benzene rings is 3. The molecule has 0 saturated heterocycles. The molecule has 5 aromatic rings. The normalized spacial score (nSPS) is 11.8. The van der Waals surface area contributed by atoms with Crippen molar-refractivity contribution in [2.75, 3.05) is 10.6 Å². The van der Waals surface area contributed by atoms with Crippen molar-refractivity contribution in [1.82, 2.24) is 9.97 Å². The van der Waals surface area contributed by atoms with Crippen LogP contribution in [0.5, 0.6) is 0 Å². The van der Waals surface area contributed by atoms with E-state index in [-0.39, 0.29) is 12.6 Å². The lowest BCUT2D eigenvalue weighted by atomic mass is 10.1. The summed E-state index contributed by atoms with van der Waals surface area (Å²) in [7, 11) is 0. The highest BCUT2D eigenvalue weighted by Gasteiger charge is 2.30. The SMILES string of the molecule is FC(F)(F)c1cccc(CNc2nc3cc(Nc4ccnc5cc(Cl)ccc45)ccc3o2)c1. The van der Waals surface area contributed by atoms with Crippen molar-refractivity contribution in [3.05, 3.63) is 89.1 Å². The van der Waals surface area contributed by atoms with Gasteiger partial charge in [-0.15, -0.1) is 0 Å². The molecule has 2 N–H and O–H groups in total. The quantitative estimate of drug-likeness (QED) is 0.281. The number of anilines is 3. The third kappa shape index (κ3) is 4.56. The van der Waals surface area contributed by atoms with E-state index in [1.165, 1.54) is 6.07 Å². The lowest BCUT2D eigenvalue weighted by Gasteiger charge is -2.09. The summed E-state index contributed by atoms with van der Waals surface area (Å²) in [6.45, 7) is 0.146. The van der Waals surface area contributed by atoms with Crippen LogP contribution in [0.4, 0.5) is 30.6 Å². The van der Waals surface area contributed by atoms with Crippen molar-refractivity contribution >= 4 is 51.0 Å². The molecule has 5 rings (SSSR count).